The number of ether oxygens (including phenoxy) is 2. The van der Waals surface area contributed by atoms with Crippen molar-refractivity contribution in [3.8, 4) is 11.6 Å². The van der Waals surface area contributed by atoms with Gasteiger partial charge in [0.25, 0.3) is 5.88 Å². The second-order valence-corrected chi connectivity index (χ2v) is 2.49. The lowest BCUT2D eigenvalue weighted by Crippen LogP contribution is -2.08. The van der Waals surface area contributed by atoms with Crippen molar-refractivity contribution >= 4 is 11.9 Å². The highest BCUT2D eigenvalue weighted by molar-refractivity contribution is 5.72. The zero-order valence-corrected chi connectivity index (χ0v) is 7.81. The van der Waals surface area contributed by atoms with Crippen molar-refractivity contribution in [3.63, 3.8) is 0 Å². The van der Waals surface area contributed by atoms with Gasteiger partial charge in [-0.1, -0.05) is 0 Å². The minimum Gasteiger partial charge on any atom is -0.421 e. The van der Waals surface area contributed by atoms with Crippen LogP contribution in [0.25, 0.3) is 0 Å². The van der Waals surface area contributed by atoms with Gasteiger partial charge < -0.3 is 9.47 Å². The molecule has 0 saturated heterocycles. The summed E-state index contributed by atoms with van der Waals surface area (Å²) >= 11 is 0. The molecule has 0 aliphatic heterocycles. The Morgan fingerprint density at radius 3 is 2.43 bits per heavy atom. The zero-order valence-electron chi connectivity index (χ0n) is 7.81. The minimum atomic E-state index is -0.517. The van der Waals surface area contributed by atoms with E-state index < -0.39 is 11.9 Å². The van der Waals surface area contributed by atoms with E-state index in [-0.39, 0.29) is 11.6 Å². The van der Waals surface area contributed by atoms with E-state index in [0.29, 0.717) is 0 Å². The van der Waals surface area contributed by atoms with Crippen molar-refractivity contribution in [1.82, 2.24) is 4.98 Å². The maximum absolute atomic E-state index is 10.7. The Morgan fingerprint density at radius 1 is 1.21 bits per heavy atom. The number of carbonyl (C=O) groups excluding carboxylic acids is 2. The SMILES string of the molecule is CC(=O)Oc1cccnc1OC(C)=O. The highest BCUT2D eigenvalue weighted by Crippen LogP contribution is 2.23. The number of esters is 2. The van der Waals surface area contributed by atoms with Gasteiger partial charge in [0.15, 0.2) is 5.75 Å². The molecule has 5 heteroatoms. The first-order valence-corrected chi connectivity index (χ1v) is 3.91. The fraction of sp³-hybridized carbons (Fsp3) is 0.222. The molecule has 0 aliphatic carbocycles. The molecule has 1 aromatic rings. The van der Waals surface area contributed by atoms with E-state index in [1.54, 1.807) is 6.07 Å². The van der Waals surface area contributed by atoms with E-state index in [1.165, 1.54) is 26.1 Å². The summed E-state index contributed by atoms with van der Waals surface area (Å²) in [5.74, 6) is -0.881. The van der Waals surface area contributed by atoms with Crippen LogP contribution < -0.4 is 9.47 Å². The summed E-state index contributed by atoms with van der Waals surface area (Å²) in [6, 6.07) is 3.07. The number of rotatable bonds is 2. The Balaban J connectivity index is 2.90. The highest BCUT2D eigenvalue weighted by Gasteiger charge is 2.09. The summed E-state index contributed by atoms with van der Waals surface area (Å²) in [7, 11) is 0. The Morgan fingerprint density at radius 2 is 1.86 bits per heavy atom. The van der Waals surface area contributed by atoms with Crippen LogP contribution >= 0.6 is 0 Å². The van der Waals surface area contributed by atoms with Crippen molar-refractivity contribution in [1.29, 1.82) is 0 Å². The molecule has 0 aromatic carbocycles. The van der Waals surface area contributed by atoms with Gasteiger partial charge in [0.05, 0.1) is 0 Å². The maximum Gasteiger partial charge on any atom is 0.309 e. The van der Waals surface area contributed by atoms with Crippen LogP contribution in [0, 0.1) is 0 Å². The fourth-order valence-corrected chi connectivity index (χ4v) is 0.821. The van der Waals surface area contributed by atoms with Crippen molar-refractivity contribution < 1.29 is 19.1 Å². The Hall–Kier alpha value is -1.91. The van der Waals surface area contributed by atoms with Crippen molar-refractivity contribution in [3.05, 3.63) is 18.3 Å². The third-order valence-electron chi connectivity index (χ3n) is 1.23. The molecule has 0 aliphatic rings. The summed E-state index contributed by atoms with van der Waals surface area (Å²) in [6.45, 7) is 2.50. The van der Waals surface area contributed by atoms with Crippen LogP contribution in [0.4, 0.5) is 0 Å². The van der Waals surface area contributed by atoms with Gasteiger partial charge in [0.2, 0.25) is 0 Å². The van der Waals surface area contributed by atoms with Crippen LogP contribution in [0.1, 0.15) is 13.8 Å². The lowest BCUT2D eigenvalue weighted by Gasteiger charge is -2.05. The quantitative estimate of drug-likeness (QED) is 0.657. The van der Waals surface area contributed by atoms with Crippen molar-refractivity contribution in [2.45, 2.75) is 13.8 Å². The molecule has 1 rings (SSSR count). The summed E-state index contributed by atoms with van der Waals surface area (Å²) in [6.07, 6.45) is 1.44. The smallest absolute Gasteiger partial charge is 0.309 e. The molecule has 0 N–H and O–H groups in total. The van der Waals surface area contributed by atoms with E-state index in [2.05, 4.69) is 4.98 Å². The molecule has 14 heavy (non-hydrogen) atoms. The van der Waals surface area contributed by atoms with E-state index in [0.717, 1.165) is 0 Å². The van der Waals surface area contributed by atoms with Crippen LogP contribution in [0.15, 0.2) is 18.3 Å². The molecule has 5 nitrogen and oxygen atoms in total. The van der Waals surface area contributed by atoms with Crippen molar-refractivity contribution in [2.75, 3.05) is 0 Å². The predicted octanol–water partition coefficient (Wildman–Crippen LogP) is 0.932. The van der Waals surface area contributed by atoms with E-state index >= 15 is 0 Å². The second kappa shape index (κ2) is 4.36. The molecule has 0 atom stereocenters. The molecule has 0 amide bonds. The first kappa shape index (κ1) is 10.2. The van der Waals surface area contributed by atoms with Gasteiger partial charge in [-0.25, -0.2) is 4.98 Å². The number of carbonyl (C=O) groups is 2. The molecule has 74 valence electrons. The summed E-state index contributed by atoms with van der Waals surface area (Å²) in [5.41, 5.74) is 0. The minimum absolute atomic E-state index is 0.00444. The molecular weight excluding hydrogens is 186 g/mol. The molecule has 0 saturated carbocycles. The van der Waals surface area contributed by atoms with Crippen LogP contribution in [0.2, 0.25) is 0 Å². The number of hydrogen-bond donors (Lipinski definition) is 0. The zero-order chi connectivity index (χ0) is 10.6. The molecule has 1 aromatic heterocycles. The fourth-order valence-electron chi connectivity index (χ4n) is 0.821. The third-order valence-corrected chi connectivity index (χ3v) is 1.23. The Labute approximate surface area is 80.7 Å². The predicted molar refractivity (Wildman–Crippen MR) is 46.9 cm³/mol. The van der Waals surface area contributed by atoms with E-state index in [1.807, 2.05) is 0 Å². The molecule has 1 heterocycles. The molecular formula is C9H9NO4. The molecule has 0 spiro atoms. The molecule has 0 fully saturated rings. The second-order valence-electron chi connectivity index (χ2n) is 2.49. The van der Waals surface area contributed by atoms with Gasteiger partial charge in [-0.15, -0.1) is 0 Å². The van der Waals surface area contributed by atoms with Crippen LogP contribution in [0.5, 0.6) is 11.6 Å². The van der Waals surface area contributed by atoms with Gasteiger partial charge >= 0.3 is 11.9 Å². The van der Waals surface area contributed by atoms with Crippen LogP contribution in [0.3, 0.4) is 0 Å². The number of hydrogen-bond acceptors (Lipinski definition) is 5. The largest absolute Gasteiger partial charge is 0.421 e. The Kier molecular flexibility index (Phi) is 3.17. The summed E-state index contributed by atoms with van der Waals surface area (Å²) in [4.78, 5) is 25.1. The van der Waals surface area contributed by atoms with Gasteiger partial charge in [-0.05, 0) is 12.1 Å². The lowest BCUT2D eigenvalue weighted by molar-refractivity contribution is -0.134. The first-order chi connectivity index (χ1) is 6.59. The van der Waals surface area contributed by atoms with Gasteiger partial charge in [-0.2, -0.15) is 0 Å². The van der Waals surface area contributed by atoms with Crippen LogP contribution in [-0.4, -0.2) is 16.9 Å². The number of nitrogens with zero attached hydrogens (tertiary/aromatic N) is 1. The van der Waals surface area contributed by atoms with Gasteiger partial charge in [-0.3, -0.25) is 9.59 Å². The molecule has 0 unspecified atom stereocenters. The highest BCUT2D eigenvalue weighted by atomic mass is 16.6. The number of aromatic nitrogens is 1. The summed E-state index contributed by atoms with van der Waals surface area (Å²) < 4.78 is 9.49. The topological polar surface area (TPSA) is 65.5 Å². The van der Waals surface area contributed by atoms with Crippen LogP contribution in [-0.2, 0) is 9.59 Å². The average Bonchev–Trinajstić information content (AvgIpc) is 2.06. The Bertz CT molecular complexity index is 327. The average molecular weight is 195 g/mol. The monoisotopic (exact) mass is 195 g/mol. The van der Waals surface area contributed by atoms with E-state index in [4.69, 9.17) is 9.47 Å². The standard InChI is InChI=1S/C9H9NO4/c1-6(11)13-8-4-3-5-10-9(8)14-7(2)12/h3-5H,1-2H3. The summed E-state index contributed by atoms with van der Waals surface area (Å²) in [5, 5.41) is 0. The lowest BCUT2D eigenvalue weighted by atomic mass is 10.4. The molecule has 0 bridgehead atoms. The normalized spacial score (nSPS) is 9.29. The number of pyridine rings is 1. The molecule has 0 radical (unpaired) electrons. The van der Waals surface area contributed by atoms with Gasteiger partial charge in [0, 0.05) is 20.0 Å². The van der Waals surface area contributed by atoms with Gasteiger partial charge in [0.1, 0.15) is 0 Å². The van der Waals surface area contributed by atoms with E-state index in [9.17, 15) is 9.59 Å². The first-order valence-electron chi connectivity index (χ1n) is 3.91. The maximum atomic E-state index is 10.7. The third kappa shape index (κ3) is 2.85. The van der Waals surface area contributed by atoms with Crippen molar-refractivity contribution in [2.24, 2.45) is 0 Å².